The lowest BCUT2D eigenvalue weighted by Gasteiger charge is -2.46. The van der Waals surface area contributed by atoms with Crippen LogP contribution in [0, 0.1) is 0 Å². The Bertz CT molecular complexity index is 1460. The van der Waals surface area contributed by atoms with Crippen LogP contribution < -0.4 is 10.2 Å². The fourth-order valence-corrected chi connectivity index (χ4v) is 6.72. The van der Waals surface area contributed by atoms with Gasteiger partial charge in [0, 0.05) is 37.0 Å². The van der Waals surface area contributed by atoms with E-state index in [0.29, 0.717) is 24.1 Å². The van der Waals surface area contributed by atoms with Gasteiger partial charge in [0.2, 0.25) is 0 Å². The van der Waals surface area contributed by atoms with Crippen molar-refractivity contribution in [1.29, 1.82) is 0 Å². The van der Waals surface area contributed by atoms with Crippen LogP contribution in [0.15, 0.2) is 42.7 Å². The summed E-state index contributed by atoms with van der Waals surface area (Å²) in [5.41, 5.74) is 0.830. The molecule has 2 fully saturated rings. The zero-order chi connectivity index (χ0) is 28.4. The monoisotopic (exact) mass is 553 g/mol. The molecule has 40 heavy (non-hydrogen) atoms. The highest BCUT2D eigenvalue weighted by atomic mass is 19.4. The van der Waals surface area contributed by atoms with Crippen molar-refractivity contribution < 1.29 is 22.7 Å². The van der Waals surface area contributed by atoms with Gasteiger partial charge in [-0.2, -0.15) is 13.2 Å². The number of hydrogen-bond acceptors (Lipinski definition) is 5. The first-order valence-electron chi connectivity index (χ1n) is 13.8. The molecule has 2 aromatic carbocycles. The zero-order valence-corrected chi connectivity index (χ0v) is 23.2. The fraction of sp³-hybridized carbons (Fsp3) is 0.500. The molecule has 3 aromatic rings. The van der Waals surface area contributed by atoms with Crippen LogP contribution in [0.3, 0.4) is 0 Å². The van der Waals surface area contributed by atoms with Crippen LogP contribution in [0.5, 0.6) is 0 Å². The molecular formula is C30H34F3N5O2. The molecular weight excluding hydrogens is 519 g/mol. The molecule has 212 valence electrons. The highest BCUT2D eigenvalue weighted by Crippen LogP contribution is 2.50. The topological polar surface area (TPSA) is 72.3 Å². The minimum atomic E-state index is -4.57. The summed E-state index contributed by atoms with van der Waals surface area (Å²) in [4.78, 5) is 15.2. The number of ether oxygens (including phenoxy) is 1. The van der Waals surface area contributed by atoms with Crippen molar-refractivity contribution in [2.75, 3.05) is 12.0 Å². The van der Waals surface area contributed by atoms with Gasteiger partial charge in [0.1, 0.15) is 12.2 Å². The number of carbonyl (C=O) groups excluding carboxylic acids is 1. The van der Waals surface area contributed by atoms with Crippen molar-refractivity contribution in [3.8, 4) is 0 Å². The molecule has 7 nitrogen and oxygen atoms in total. The van der Waals surface area contributed by atoms with E-state index in [4.69, 9.17) is 4.74 Å². The Hall–Kier alpha value is -3.24. The predicted molar refractivity (Wildman–Crippen MR) is 144 cm³/mol. The molecule has 1 aliphatic heterocycles. The SMILES string of the molecule is COC1CC(c2cccc(N3Cc4c(cc([C@@H](C)NC5(C)CCC5)cc4C(F)(F)F)C3=O)c2)(c2nncn2C)C1. The largest absolute Gasteiger partial charge is 0.416 e. The van der Waals surface area contributed by atoms with Gasteiger partial charge in [0.25, 0.3) is 5.91 Å². The first-order valence-corrected chi connectivity index (χ1v) is 13.8. The van der Waals surface area contributed by atoms with Crippen LogP contribution in [-0.2, 0) is 29.9 Å². The number of anilines is 1. The third-order valence-electron chi connectivity index (χ3n) is 9.23. The first kappa shape index (κ1) is 27.0. The smallest absolute Gasteiger partial charge is 0.381 e. The number of nitrogens with zero attached hydrogens (tertiary/aromatic N) is 4. The van der Waals surface area contributed by atoms with E-state index in [0.717, 1.165) is 30.7 Å². The number of rotatable bonds is 7. The summed E-state index contributed by atoms with van der Waals surface area (Å²) >= 11 is 0. The molecule has 1 atom stereocenters. The van der Waals surface area contributed by atoms with Crippen molar-refractivity contribution in [3.05, 3.63) is 76.4 Å². The molecule has 3 aliphatic rings. The zero-order valence-electron chi connectivity index (χ0n) is 23.2. The number of aromatic nitrogens is 3. The maximum Gasteiger partial charge on any atom is 0.416 e. The quantitative estimate of drug-likeness (QED) is 0.408. The number of hydrogen-bond donors (Lipinski definition) is 1. The molecule has 0 bridgehead atoms. The van der Waals surface area contributed by atoms with E-state index in [-0.39, 0.29) is 35.4 Å². The predicted octanol–water partition coefficient (Wildman–Crippen LogP) is 5.68. The molecule has 2 heterocycles. The summed E-state index contributed by atoms with van der Waals surface area (Å²) in [6.45, 7) is 3.82. The molecule has 0 unspecified atom stereocenters. The summed E-state index contributed by atoms with van der Waals surface area (Å²) < 4.78 is 50.4. The average Bonchev–Trinajstić information content (AvgIpc) is 3.45. The Labute approximate surface area is 231 Å². The third-order valence-corrected chi connectivity index (χ3v) is 9.23. The second-order valence-corrected chi connectivity index (χ2v) is 11.9. The third kappa shape index (κ3) is 4.32. The van der Waals surface area contributed by atoms with Crippen LogP contribution in [0.25, 0.3) is 0 Å². The van der Waals surface area contributed by atoms with Gasteiger partial charge >= 0.3 is 6.18 Å². The standard InChI is InChI=1S/C30H34F3N5O2/c1-18(35-28(2)9-6-10-28)19-11-23-24(25(12-19)30(31,32)33)16-38(26(23)39)21-8-5-7-20(13-21)29(14-22(15-29)40-4)27-36-34-17-37(27)3/h5,7-8,11-13,17-18,22,35H,6,9-10,14-16H2,1-4H3/t18-,22?,29?/m1/s1. The van der Waals surface area contributed by atoms with Gasteiger partial charge in [0.05, 0.1) is 23.6 Å². The second-order valence-electron chi connectivity index (χ2n) is 11.9. The Morgan fingerprint density at radius 1 is 1.18 bits per heavy atom. The van der Waals surface area contributed by atoms with Crippen molar-refractivity contribution in [3.63, 3.8) is 0 Å². The first-order chi connectivity index (χ1) is 18.9. The van der Waals surface area contributed by atoms with Gasteiger partial charge < -0.3 is 19.5 Å². The lowest BCUT2D eigenvalue weighted by atomic mass is 9.62. The number of nitrogens with one attached hydrogen (secondary N) is 1. The van der Waals surface area contributed by atoms with Crippen molar-refractivity contribution in [1.82, 2.24) is 20.1 Å². The molecule has 1 aromatic heterocycles. The Morgan fingerprint density at radius 3 is 2.52 bits per heavy atom. The summed E-state index contributed by atoms with van der Waals surface area (Å²) in [5, 5.41) is 11.9. The highest BCUT2D eigenvalue weighted by molar-refractivity contribution is 6.10. The van der Waals surface area contributed by atoms with E-state index >= 15 is 0 Å². The van der Waals surface area contributed by atoms with Crippen LogP contribution >= 0.6 is 0 Å². The van der Waals surface area contributed by atoms with Crippen LogP contribution in [-0.4, -0.2) is 39.4 Å². The lowest BCUT2D eigenvalue weighted by molar-refractivity contribution is -0.138. The van der Waals surface area contributed by atoms with E-state index in [1.807, 2.05) is 36.7 Å². The maximum atomic E-state index is 14.3. The Morgan fingerprint density at radius 2 is 1.93 bits per heavy atom. The highest BCUT2D eigenvalue weighted by Gasteiger charge is 2.50. The molecule has 0 spiro atoms. The van der Waals surface area contributed by atoms with E-state index in [2.05, 4.69) is 22.4 Å². The van der Waals surface area contributed by atoms with Crippen molar-refractivity contribution in [2.45, 2.75) is 81.8 Å². The van der Waals surface area contributed by atoms with Crippen LogP contribution in [0.4, 0.5) is 18.9 Å². The van der Waals surface area contributed by atoms with Crippen molar-refractivity contribution >= 4 is 11.6 Å². The second kappa shape index (κ2) is 9.41. The number of halogens is 3. The summed E-state index contributed by atoms with van der Waals surface area (Å²) in [6, 6.07) is 10.0. The number of methoxy groups -OCH3 is 1. The average molecular weight is 554 g/mol. The van der Waals surface area contributed by atoms with Crippen LogP contribution in [0.1, 0.15) is 90.4 Å². The summed E-state index contributed by atoms with van der Waals surface area (Å²) in [5.74, 6) is 0.372. The van der Waals surface area contributed by atoms with E-state index < -0.39 is 23.1 Å². The molecule has 2 saturated carbocycles. The Balaban J connectivity index is 1.36. The number of aryl methyl sites for hydroxylation is 1. The molecule has 1 N–H and O–H groups in total. The maximum absolute atomic E-state index is 14.3. The molecule has 2 aliphatic carbocycles. The van der Waals surface area contributed by atoms with Gasteiger partial charge in [-0.05, 0) is 86.9 Å². The van der Waals surface area contributed by atoms with Gasteiger partial charge in [-0.25, -0.2) is 0 Å². The van der Waals surface area contributed by atoms with E-state index in [1.165, 1.54) is 11.0 Å². The summed E-state index contributed by atoms with van der Waals surface area (Å²) in [7, 11) is 3.57. The number of alkyl halides is 3. The number of benzene rings is 2. The molecule has 0 saturated heterocycles. The molecule has 0 radical (unpaired) electrons. The normalized spacial score (nSPS) is 24.4. The summed E-state index contributed by atoms with van der Waals surface area (Å²) in [6.07, 6.45) is 1.59. The molecule has 6 rings (SSSR count). The van der Waals surface area contributed by atoms with Gasteiger partial charge in [-0.3, -0.25) is 4.79 Å². The lowest BCUT2D eigenvalue weighted by Crippen LogP contribution is -2.49. The number of carbonyl (C=O) groups is 1. The minimum absolute atomic E-state index is 0.0276. The van der Waals surface area contributed by atoms with Crippen LogP contribution in [0.2, 0.25) is 0 Å². The molecule has 1 amide bonds. The Kier molecular flexibility index (Phi) is 6.34. The van der Waals surface area contributed by atoms with Gasteiger partial charge in [-0.15, -0.1) is 10.2 Å². The van der Waals surface area contributed by atoms with E-state index in [9.17, 15) is 18.0 Å². The van der Waals surface area contributed by atoms with Gasteiger partial charge in [-0.1, -0.05) is 12.1 Å². The number of amides is 1. The molecule has 10 heteroatoms. The number of fused-ring (bicyclic) bond motifs is 1. The van der Waals surface area contributed by atoms with Crippen molar-refractivity contribution in [2.24, 2.45) is 7.05 Å². The van der Waals surface area contributed by atoms with E-state index in [1.54, 1.807) is 25.6 Å². The van der Waals surface area contributed by atoms with Gasteiger partial charge in [0.15, 0.2) is 0 Å². The minimum Gasteiger partial charge on any atom is -0.381 e. The fourth-order valence-electron chi connectivity index (χ4n) is 6.72.